The Bertz CT molecular complexity index is 2350. The van der Waals surface area contributed by atoms with Crippen molar-refractivity contribution in [2.24, 2.45) is 4.99 Å². The van der Waals surface area contributed by atoms with Crippen LogP contribution in [0.15, 0.2) is 158 Å². The highest BCUT2D eigenvalue weighted by Gasteiger charge is 2.23. The number of aliphatic hydroxyl groups excluding tert-OH is 3. The third-order valence-electron chi connectivity index (χ3n) is 9.37. The van der Waals surface area contributed by atoms with Gasteiger partial charge in [-0.3, -0.25) is 10.6 Å². The topological polar surface area (TPSA) is 206 Å². The zero-order valence-corrected chi connectivity index (χ0v) is 39.1. The Morgan fingerprint density at radius 3 is 1.56 bits per heavy atom. The zero-order valence-electron chi connectivity index (χ0n) is 39.1. The van der Waals surface area contributed by atoms with Crippen LogP contribution >= 0.6 is 0 Å². The van der Waals surface area contributed by atoms with Gasteiger partial charge in [-0.1, -0.05) is 101 Å². The Labute approximate surface area is 399 Å². The number of aliphatic imine (C=N–C) groups is 1. The number of isocyanates is 1. The number of anilines is 2. The fourth-order valence-corrected chi connectivity index (χ4v) is 5.78. The van der Waals surface area contributed by atoms with Gasteiger partial charge in [-0.15, -0.1) is 0 Å². The summed E-state index contributed by atoms with van der Waals surface area (Å²) >= 11 is 0. The molecule has 0 aliphatic rings. The second-order valence-electron chi connectivity index (χ2n) is 14.9. The highest BCUT2D eigenvalue weighted by atomic mass is 16.6. The molecular weight excluding hydrogens is 867 g/mol. The molecule has 0 radical (unpaired) electrons. The van der Waals surface area contributed by atoms with Gasteiger partial charge in [-0.2, -0.15) is 4.99 Å². The van der Waals surface area contributed by atoms with E-state index in [9.17, 15) is 24.6 Å². The van der Waals surface area contributed by atoms with Crippen molar-refractivity contribution in [3.05, 3.63) is 174 Å². The second kappa shape index (κ2) is 34.1. The number of carbonyl (C=O) groups excluding carboxylic acids is 3. The van der Waals surface area contributed by atoms with Crippen LogP contribution in [0.4, 0.5) is 26.7 Å². The van der Waals surface area contributed by atoms with E-state index in [1.54, 1.807) is 78.9 Å². The van der Waals surface area contributed by atoms with Crippen molar-refractivity contribution in [1.82, 2.24) is 0 Å². The SMILES string of the molecule is CCCCc1ccc(/C=C/CO)o1.CCCCc1ccc(/C=C/COC(=O)Nc2ccccc2)o1.CCCCc1ccc([C@@H](O)[C@H](O)COC(=O)Nc2ccccc2)o1.O=C=Nc1ccccc1. The zero-order chi connectivity index (χ0) is 49.0. The van der Waals surface area contributed by atoms with Crippen molar-refractivity contribution in [3.8, 4) is 0 Å². The lowest BCUT2D eigenvalue weighted by Crippen LogP contribution is -2.27. The van der Waals surface area contributed by atoms with Crippen molar-refractivity contribution in [2.75, 3.05) is 30.5 Å². The first-order valence-corrected chi connectivity index (χ1v) is 22.8. The number of amides is 2. The van der Waals surface area contributed by atoms with Crippen LogP contribution in [-0.2, 0) is 33.5 Å². The molecule has 2 atom stereocenters. The molecule has 3 aromatic carbocycles. The molecule has 3 heterocycles. The van der Waals surface area contributed by atoms with Crippen molar-refractivity contribution in [2.45, 2.75) is 90.8 Å². The number of carbonyl (C=O) groups is 2. The molecule has 0 unspecified atom stereocenters. The monoisotopic (exact) mass is 931 g/mol. The van der Waals surface area contributed by atoms with Crippen molar-refractivity contribution < 1.29 is 52.4 Å². The molecule has 14 nitrogen and oxygen atoms in total. The molecule has 0 fully saturated rings. The highest BCUT2D eigenvalue weighted by Crippen LogP contribution is 2.22. The predicted octanol–water partition coefficient (Wildman–Crippen LogP) is 12.4. The van der Waals surface area contributed by atoms with Gasteiger partial charge < -0.3 is 38.0 Å². The fourth-order valence-electron chi connectivity index (χ4n) is 5.78. The molecule has 6 rings (SSSR count). The van der Waals surface area contributed by atoms with Crippen LogP contribution in [0.3, 0.4) is 0 Å². The first-order chi connectivity index (χ1) is 33.2. The molecule has 14 heteroatoms. The summed E-state index contributed by atoms with van der Waals surface area (Å²) < 4.78 is 26.6. The number of furan rings is 3. The number of para-hydroxylation sites is 3. The van der Waals surface area contributed by atoms with E-state index in [4.69, 9.17) is 27.8 Å². The molecule has 0 aliphatic carbocycles. The lowest BCUT2D eigenvalue weighted by molar-refractivity contribution is -0.0281. The standard InChI is InChI=1S/C18H23NO5.C18H21NO3.C11H16O2.C7H5NO/c1-2-3-9-14-10-11-16(24-14)17(21)15(20)12-23-18(22)19-13-7-5-4-6-8-13;1-2-3-10-16-12-13-17(22-16)11-7-14-21-18(20)19-15-8-5-4-6-9-15;1-2-3-5-10-7-8-11(13-10)6-4-9-12;9-6-8-7-4-2-1-3-5-7/h4-8,10-11,15,17,20-21H,2-3,9,12H2,1H3,(H,19,22);4-9,11-13H,2-3,10,14H2,1H3,(H,19,20);4,6-8,12H,2-3,5,9H2,1H3;1-5H/b;11-7+;6-4+;/t15-,17+;;;/m1.../s1. The maximum absolute atomic E-state index is 11.6. The summed E-state index contributed by atoms with van der Waals surface area (Å²) in [5, 5.41) is 33.8. The van der Waals surface area contributed by atoms with Crippen LogP contribution in [0.5, 0.6) is 0 Å². The van der Waals surface area contributed by atoms with Gasteiger partial charge >= 0.3 is 12.2 Å². The Hall–Kier alpha value is -7.22. The minimum atomic E-state index is -1.27. The van der Waals surface area contributed by atoms with Crippen LogP contribution in [0.25, 0.3) is 12.2 Å². The van der Waals surface area contributed by atoms with E-state index >= 15 is 0 Å². The lowest BCUT2D eigenvalue weighted by atomic mass is 10.1. The van der Waals surface area contributed by atoms with E-state index in [0.29, 0.717) is 17.1 Å². The minimum absolute atomic E-state index is 0.0605. The number of aryl methyl sites for hydroxylation is 3. The largest absolute Gasteiger partial charge is 0.463 e. The summed E-state index contributed by atoms with van der Waals surface area (Å²) in [5.41, 5.74) is 1.94. The molecule has 3 aromatic heterocycles. The van der Waals surface area contributed by atoms with Gasteiger partial charge in [-0.25, -0.2) is 14.4 Å². The Morgan fingerprint density at radius 1 is 0.618 bits per heavy atom. The van der Waals surface area contributed by atoms with E-state index in [-0.39, 0.29) is 25.6 Å². The molecule has 362 valence electrons. The van der Waals surface area contributed by atoms with Gasteiger partial charge in [0.25, 0.3) is 0 Å². The molecule has 0 spiro atoms. The van der Waals surface area contributed by atoms with Gasteiger partial charge in [0.05, 0.1) is 12.3 Å². The number of hydrogen-bond donors (Lipinski definition) is 5. The molecule has 0 saturated carbocycles. The maximum Gasteiger partial charge on any atom is 0.411 e. The number of nitrogens with zero attached hydrogens (tertiary/aromatic N) is 1. The summed E-state index contributed by atoms with van der Waals surface area (Å²) in [6.07, 6.45) is 14.2. The molecular formula is C54H65N3O11. The van der Waals surface area contributed by atoms with Crippen molar-refractivity contribution in [3.63, 3.8) is 0 Å². The number of benzene rings is 3. The summed E-state index contributed by atoms with van der Waals surface area (Å²) in [6.45, 7) is 6.32. The molecule has 6 aromatic rings. The molecule has 2 amide bonds. The second-order valence-corrected chi connectivity index (χ2v) is 14.9. The molecule has 0 aliphatic heterocycles. The maximum atomic E-state index is 11.6. The summed E-state index contributed by atoms with van der Waals surface area (Å²) in [7, 11) is 0. The van der Waals surface area contributed by atoms with E-state index in [2.05, 4.69) is 36.4 Å². The Balaban J connectivity index is 0.000000255. The molecule has 68 heavy (non-hydrogen) atoms. The number of ether oxygens (including phenoxy) is 2. The molecule has 0 saturated heterocycles. The van der Waals surface area contributed by atoms with Crippen LogP contribution in [0.2, 0.25) is 0 Å². The highest BCUT2D eigenvalue weighted by molar-refractivity contribution is 5.85. The average Bonchev–Trinajstić information content (AvgIpc) is 4.15. The molecule has 0 bridgehead atoms. The number of unbranched alkanes of at least 4 members (excludes halogenated alkanes) is 3. The van der Waals surface area contributed by atoms with E-state index in [0.717, 1.165) is 80.2 Å². The number of hydrogen-bond acceptors (Lipinski definition) is 12. The average molecular weight is 932 g/mol. The van der Waals surface area contributed by atoms with Crippen molar-refractivity contribution >= 4 is 47.5 Å². The lowest BCUT2D eigenvalue weighted by Gasteiger charge is -2.16. The normalized spacial score (nSPS) is 11.4. The van der Waals surface area contributed by atoms with Gasteiger partial charge in [0.2, 0.25) is 6.08 Å². The summed E-state index contributed by atoms with van der Waals surface area (Å²) in [4.78, 5) is 36.3. The van der Waals surface area contributed by atoms with Gasteiger partial charge in [0.15, 0.2) is 0 Å². The van der Waals surface area contributed by atoms with Crippen molar-refractivity contribution in [1.29, 1.82) is 0 Å². The first-order valence-electron chi connectivity index (χ1n) is 22.8. The minimum Gasteiger partial charge on any atom is -0.463 e. The Morgan fingerprint density at radius 2 is 1.07 bits per heavy atom. The Kier molecular flexibility index (Phi) is 27.7. The van der Waals surface area contributed by atoms with E-state index in [1.807, 2.05) is 72.8 Å². The smallest absolute Gasteiger partial charge is 0.411 e. The van der Waals surface area contributed by atoms with Crippen LogP contribution < -0.4 is 10.6 Å². The van der Waals surface area contributed by atoms with Gasteiger partial charge in [0, 0.05) is 30.6 Å². The summed E-state index contributed by atoms with van der Waals surface area (Å²) in [6, 6.07) is 38.2. The molecule has 5 N–H and O–H groups in total. The third kappa shape index (κ3) is 23.8. The quantitative estimate of drug-likeness (QED) is 0.0339. The number of rotatable bonds is 21. The first kappa shape index (κ1) is 55.1. The summed E-state index contributed by atoms with van der Waals surface area (Å²) in [5.74, 6) is 4.64. The third-order valence-corrected chi connectivity index (χ3v) is 9.37. The van der Waals surface area contributed by atoms with Crippen LogP contribution in [0, 0.1) is 0 Å². The fraction of sp³-hybridized carbons (Fsp3) is 0.315. The van der Waals surface area contributed by atoms with Gasteiger partial charge in [-0.05, 0) is 110 Å². The van der Waals surface area contributed by atoms with Crippen LogP contribution in [0.1, 0.15) is 100.0 Å². The van der Waals surface area contributed by atoms with E-state index < -0.39 is 24.4 Å². The van der Waals surface area contributed by atoms with E-state index in [1.165, 1.54) is 12.5 Å². The number of aliphatic hydroxyl groups is 3. The van der Waals surface area contributed by atoms with Gasteiger partial charge in [0.1, 0.15) is 60.0 Å². The predicted molar refractivity (Wildman–Crippen MR) is 265 cm³/mol. The number of nitrogens with one attached hydrogen (secondary N) is 2. The van der Waals surface area contributed by atoms with Crippen LogP contribution in [-0.4, -0.2) is 59.5 Å².